The standard InChI is InChI=1S/C20H23N/c1-2-10-19-15(5-1)6-3-7-16(19)13-17-8-4-9-18-14-21-12-11-20(17)18/h1-2,4-5,8-10,16,21H,3,6-7,11-14H2. The Labute approximate surface area is 127 Å². The minimum absolute atomic E-state index is 0.719. The number of fused-ring (bicyclic) bond motifs is 2. The molecule has 1 atom stereocenters. The topological polar surface area (TPSA) is 12.0 Å². The van der Waals surface area contributed by atoms with Gasteiger partial charge in [0, 0.05) is 6.54 Å². The van der Waals surface area contributed by atoms with Crippen LogP contribution in [0.15, 0.2) is 42.5 Å². The minimum Gasteiger partial charge on any atom is -0.312 e. The fourth-order valence-electron chi connectivity index (χ4n) is 4.13. The first kappa shape index (κ1) is 13.1. The second kappa shape index (κ2) is 5.65. The van der Waals surface area contributed by atoms with Gasteiger partial charge in [-0.05, 0) is 72.4 Å². The third-order valence-electron chi connectivity index (χ3n) is 5.20. The molecule has 0 saturated heterocycles. The van der Waals surface area contributed by atoms with Crippen molar-refractivity contribution in [1.82, 2.24) is 5.32 Å². The molecule has 1 aliphatic carbocycles. The monoisotopic (exact) mass is 277 g/mol. The molecule has 1 nitrogen and oxygen atoms in total. The summed E-state index contributed by atoms with van der Waals surface area (Å²) in [4.78, 5) is 0. The van der Waals surface area contributed by atoms with E-state index in [2.05, 4.69) is 47.8 Å². The number of nitrogens with one attached hydrogen (secondary N) is 1. The molecular weight excluding hydrogens is 254 g/mol. The second-order valence-corrected chi connectivity index (χ2v) is 6.47. The molecule has 0 amide bonds. The summed E-state index contributed by atoms with van der Waals surface area (Å²) >= 11 is 0. The predicted molar refractivity (Wildman–Crippen MR) is 87.7 cm³/mol. The average Bonchev–Trinajstić information content (AvgIpc) is 2.56. The molecule has 1 heterocycles. The molecule has 2 aromatic rings. The molecule has 2 aromatic carbocycles. The third kappa shape index (κ3) is 2.51. The van der Waals surface area contributed by atoms with Crippen molar-refractivity contribution in [2.75, 3.05) is 6.54 Å². The van der Waals surface area contributed by atoms with Gasteiger partial charge in [0.25, 0.3) is 0 Å². The van der Waals surface area contributed by atoms with Crippen LogP contribution >= 0.6 is 0 Å². The fraction of sp³-hybridized carbons (Fsp3) is 0.400. The Bertz CT molecular complexity index is 644. The maximum atomic E-state index is 3.49. The van der Waals surface area contributed by atoms with Crippen LogP contribution in [0.4, 0.5) is 0 Å². The zero-order valence-corrected chi connectivity index (χ0v) is 12.6. The van der Waals surface area contributed by atoms with E-state index in [1.807, 2.05) is 0 Å². The van der Waals surface area contributed by atoms with Gasteiger partial charge in [-0.25, -0.2) is 0 Å². The van der Waals surface area contributed by atoms with E-state index in [4.69, 9.17) is 0 Å². The summed E-state index contributed by atoms with van der Waals surface area (Å²) in [6.45, 7) is 2.18. The highest BCUT2D eigenvalue weighted by molar-refractivity contribution is 5.40. The average molecular weight is 277 g/mol. The highest BCUT2D eigenvalue weighted by atomic mass is 14.9. The number of hydrogen-bond acceptors (Lipinski definition) is 1. The SMILES string of the molecule is c1ccc2c(c1)CCCC2Cc1cccc2c1CCNC2. The van der Waals surface area contributed by atoms with Crippen LogP contribution in [-0.4, -0.2) is 6.54 Å². The van der Waals surface area contributed by atoms with Gasteiger partial charge in [-0.1, -0.05) is 42.5 Å². The largest absolute Gasteiger partial charge is 0.312 e. The van der Waals surface area contributed by atoms with Crippen molar-refractivity contribution in [2.24, 2.45) is 0 Å². The maximum absolute atomic E-state index is 3.49. The Morgan fingerprint density at radius 1 is 0.952 bits per heavy atom. The lowest BCUT2D eigenvalue weighted by Gasteiger charge is -2.28. The number of benzene rings is 2. The van der Waals surface area contributed by atoms with Crippen molar-refractivity contribution in [2.45, 2.75) is 44.6 Å². The molecule has 0 bridgehead atoms. The van der Waals surface area contributed by atoms with Gasteiger partial charge >= 0.3 is 0 Å². The van der Waals surface area contributed by atoms with E-state index in [-0.39, 0.29) is 0 Å². The fourth-order valence-corrected chi connectivity index (χ4v) is 4.13. The van der Waals surface area contributed by atoms with E-state index in [0.717, 1.165) is 19.0 Å². The van der Waals surface area contributed by atoms with E-state index < -0.39 is 0 Å². The Kier molecular flexibility index (Phi) is 3.52. The molecule has 0 aromatic heterocycles. The first-order valence-corrected chi connectivity index (χ1v) is 8.30. The molecule has 1 heteroatoms. The van der Waals surface area contributed by atoms with Gasteiger partial charge in [-0.15, -0.1) is 0 Å². The highest BCUT2D eigenvalue weighted by Crippen LogP contribution is 2.35. The lowest BCUT2D eigenvalue weighted by atomic mass is 9.78. The second-order valence-electron chi connectivity index (χ2n) is 6.47. The van der Waals surface area contributed by atoms with Crippen LogP contribution in [0.1, 0.15) is 46.6 Å². The highest BCUT2D eigenvalue weighted by Gasteiger charge is 2.22. The molecule has 1 unspecified atom stereocenters. The lowest BCUT2D eigenvalue weighted by molar-refractivity contribution is 0.545. The summed E-state index contributed by atoms with van der Waals surface area (Å²) in [6.07, 6.45) is 6.38. The van der Waals surface area contributed by atoms with E-state index in [1.165, 1.54) is 37.7 Å². The first-order chi connectivity index (χ1) is 10.4. The summed E-state index contributed by atoms with van der Waals surface area (Å²) in [6, 6.07) is 16.0. The Morgan fingerprint density at radius 3 is 2.86 bits per heavy atom. The van der Waals surface area contributed by atoms with Crippen LogP contribution in [0, 0.1) is 0 Å². The Balaban J connectivity index is 1.66. The van der Waals surface area contributed by atoms with Crippen molar-refractivity contribution in [3.63, 3.8) is 0 Å². The molecule has 1 N–H and O–H groups in total. The van der Waals surface area contributed by atoms with Crippen molar-refractivity contribution in [1.29, 1.82) is 0 Å². The lowest BCUT2D eigenvalue weighted by Crippen LogP contribution is -2.25. The Morgan fingerprint density at radius 2 is 1.86 bits per heavy atom. The van der Waals surface area contributed by atoms with E-state index in [9.17, 15) is 0 Å². The van der Waals surface area contributed by atoms with Crippen molar-refractivity contribution in [3.05, 3.63) is 70.3 Å². The zero-order chi connectivity index (χ0) is 14.1. The van der Waals surface area contributed by atoms with Crippen molar-refractivity contribution < 1.29 is 0 Å². The van der Waals surface area contributed by atoms with Gasteiger partial charge in [-0.3, -0.25) is 0 Å². The van der Waals surface area contributed by atoms with Gasteiger partial charge in [0.05, 0.1) is 0 Å². The molecular formula is C20H23N. The first-order valence-electron chi connectivity index (χ1n) is 8.30. The van der Waals surface area contributed by atoms with Crippen LogP contribution in [0.5, 0.6) is 0 Å². The molecule has 108 valence electrons. The zero-order valence-electron chi connectivity index (χ0n) is 12.6. The summed E-state index contributed by atoms with van der Waals surface area (Å²) in [5.41, 5.74) is 7.92. The molecule has 2 aliphatic rings. The van der Waals surface area contributed by atoms with Crippen molar-refractivity contribution in [3.8, 4) is 0 Å². The van der Waals surface area contributed by atoms with Gasteiger partial charge in [0.15, 0.2) is 0 Å². The van der Waals surface area contributed by atoms with Crippen LogP contribution in [0.25, 0.3) is 0 Å². The van der Waals surface area contributed by atoms with Crippen LogP contribution in [0.2, 0.25) is 0 Å². The molecule has 0 fully saturated rings. The van der Waals surface area contributed by atoms with Crippen molar-refractivity contribution >= 4 is 0 Å². The van der Waals surface area contributed by atoms with Gasteiger partial charge in [-0.2, -0.15) is 0 Å². The van der Waals surface area contributed by atoms with Gasteiger partial charge in [0.1, 0.15) is 0 Å². The summed E-state index contributed by atoms with van der Waals surface area (Å²) in [5, 5.41) is 3.49. The smallest absolute Gasteiger partial charge is 0.0208 e. The number of aryl methyl sites for hydroxylation is 1. The normalized spacial score (nSPS) is 20.7. The predicted octanol–water partition coefficient (Wildman–Crippen LogP) is 3.99. The van der Waals surface area contributed by atoms with Gasteiger partial charge in [0.2, 0.25) is 0 Å². The summed E-state index contributed by atoms with van der Waals surface area (Å²) in [7, 11) is 0. The molecule has 0 saturated carbocycles. The third-order valence-corrected chi connectivity index (χ3v) is 5.20. The molecule has 21 heavy (non-hydrogen) atoms. The molecule has 0 spiro atoms. The molecule has 0 radical (unpaired) electrons. The van der Waals surface area contributed by atoms with E-state index in [1.54, 1.807) is 22.3 Å². The number of hydrogen-bond donors (Lipinski definition) is 1. The maximum Gasteiger partial charge on any atom is 0.0208 e. The summed E-state index contributed by atoms with van der Waals surface area (Å²) < 4.78 is 0. The quantitative estimate of drug-likeness (QED) is 0.875. The minimum atomic E-state index is 0.719. The van der Waals surface area contributed by atoms with E-state index in [0.29, 0.717) is 0 Å². The molecule has 1 aliphatic heterocycles. The van der Waals surface area contributed by atoms with Gasteiger partial charge < -0.3 is 5.32 Å². The van der Waals surface area contributed by atoms with Crippen LogP contribution in [-0.2, 0) is 25.8 Å². The van der Waals surface area contributed by atoms with Crippen LogP contribution < -0.4 is 5.32 Å². The molecule has 4 rings (SSSR count). The van der Waals surface area contributed by atoms with Crippen LogP contribution in [0.3, 0.4) is 0 Å². The number of rotatable bonds is 2. The Hall–Kier alpha value is -1.60. The summed E-state index contributed by atoms with van der Waals surface area (Å²) in [5.74, 6) is 0.719. The van der Waals surface area contributed by atoms with E-state index >= 15 is 0 Å².